The summed E-state index contributed by atoms with van der Waals surface area (Å²) in [6.07, 6.45) is 8.80. The lowest BCUT2D eigenvalue weighted by Gasteiger charge is -2.21. The van der Waals surface area contributed by atoms with Crippen molar-refractivity contribution in [3.05, 3.63) is 0 Å². The van der Waals surface area contributed by atoms with Gasteiger partial charge in [-0.1, -0.05) is 39.0 Å². The van der Waals surface area contributed by atoms with Crippen LogP contribution < -0.4 is 5.73 Å². The first-order chi connectivity index (χ1) is 6.72. The Balaban J connectivity index is 2.18. The van der Waals surface area contributed by atoms with E-state index in [2.05, 4.69) is 0 Å². The molecule has 0 aromatic heterocycles. The molecule has 1 fully saturated rings. The lowest BCUT2D eigenvalue weighted by molar-refractivity contribution is -0.120. The van der Waals surface area contributed by atoms with Crippen molar-refractivity contribution in [1.29, 1.82) is 0 Å². The van der Waals surface area contributed by atoms with Crippen molar-refractivity contribution in [2.75, 3.05) is 0 Å². The van der Waals surface area contributed by atoms with Crippen LogP contribution in [0.1, 0.15) is 58.3 Å². The van der Waals surface area contributed by atoms with Crippen molar-refractivity contribution < 1.29 is 4.79 Å². The molecule has 0 saturated heterocycles. The summed E-state index contributed by atoms with van der Waals surface area (Å²) in [5, 5.41) is 0. The summed E-state index contributed by atoms with van der Waals surface area (Å²) >= 11 is 0. The van der Waals surface area contributed by atoms with Gasteiger partial charge in [-0.2, -0.15) is 0 Å². The zero-order chi connectivity index (χ0) is 10.4. The summed E-state index contributed by atoms with van der Waals surface area (Å²) in [4.78, 5) is 11.6. The molecule has 1 aliphatic carbocycles. The fraction of sp³-hybridized carbons (Fsp3) is 0.917. The van der Waals surface area contributed by atoms with Gasteiger partial charge >= 0.3 is 0 Å². The number of carbonyl (C=O) groups is 1. The van der Waals surface area contributed by atoms with Gasteiger partial charge in [0.25, 0.3) is 0 Å². The fourth-order valence-corrected chi connectivity index (χ4v) is 2.23. The molecule has 1 atom stereocenters. The van der Waals surface area contributed by atoms with Crippen LogP contribution in [0.5, 0.6) is 0 Å². The maximum absolute atomic E-state index is 11.6. The van der Waals surface area contributed by atoms with Crippen molar-refractivity contribution in [2.24, 2.45) is 11.7 Å². The molecule has 14 heavy (non-hydrogen) atoms. The summed E-state index contributed by atoms with van der Waals surface area (Å²) in [6.45, 7) is 2.04. The summed E-state index contributed by atoms with van der Waals surface area (Å²) in [5.74, 6) is 1.05. The predicted molar refractivity (Wildman–Crippen MR) is 59.1 cm³/mol. The molecule has 1 rings (SSSR count). The van der Waals surface area contributed by atoms with Crippen LogP contribution in [-0.4, -0.2) is 11.8 Å². The maximum atomic E-state index is 11.6. The van der Waals surface area contributed by atoms with E-state index in [-0.39, 0.29) is 6.04 Å². The minimum atomic E-state index is 0.0890. The van der Waals surface area contributed by atoms with Crippen LogP contribution in [0, 0.1) is 5.92 Å². The van der Waals surface area contributed by atoms with Gasteiger partial charge in [-0.3, -0.25) is 4.79 Å². The number of nitrogens with two attached hydrogens (primary N) is 1. The number of hydrogen-bond acceptors (Lipinski definition) is 2. The van der Waals surface area contributed by atoms with Gasteiger partial charge in [-0.05, 0) is 12.3 Å². The van der Waals surface area contributed by atoms with Gasteiger partial charge in [0.15, 0.2) is 0 Å². The van der Waals surface area contributed by atoms with E-state index in [4.69, 9.17) is 5.73 Å². The van der Waals surface area contributed by atoms with E-state index < -0.39 is 0 Å². The van der Waals surface area contributed by atoms with E-state index in [1.165, 1.54) is 32.1 Å². The molecule has 0 heterocycles. The Labute approximate surface area is 87.2 Å². The minimum Gasteiger partial charge on any atom is -0.327 e. The Bertz CT molecular complexity index is 173. The highest BCUT2D eigenvalue weighted by atomic mass is 16.1. The van der Waals surface area contributed by atoms with E-state index in [0.717, 1.165) is 12.8 Å². The number of Topliss-reactive ketones (excluding diaryl/α,β-unsaturated/α-hetero) is 1. The molecule has 82 valence electrons. The fourth-order valence-electron chi connectivity index (χ4n) is 2.23. The van der Waals surface area contributed by atoms with E-state index in [1.54, 1.807) is 0 Å². The molecule has 0 radical (unpaired) electrons. The Hall–Kier alpha value is -0.370. The highest BCUT2D eigenvalue weighted by molar-refractivity contribution is 5.79. The lowest BCUT2D eigenvalue weighted by Crippen LogP contribution is -2.24. The van der Waals surface area contributed by atoms with Gasteiger partial charge in [-0.15, -0.1) is 0 Å². The average molecular weight is 197 g/mol. The standard InChI is InChI=1S/C12H23NO/c1-2-11(13)9-12(14)8-10-6-4-3-5-7-10/h10-11H,2-9,13H2,1H3. The molecule has 0 bridgehead atoms. The normalized spacial score (nSPS) is 20.7. The SMILES string of the molecule is CCC(N)CC(=O)CC1CCCCC1. The molecule has 2 N–H and O–H groups in total. The quantitative estimate of drug-likeness (QED) is 0.736. The molecule has 2 heteroatoms. The second kappa shape index (κ2) is 6.18. The van der Waals surface area contributed by atoms with Crippen molar-refractivity contribution in [2.45, 2.75) is 64.3 Å². The Morgan fingerprint density at radius 3 is 2.57 bits per heavy atom. The number of carbonyl (C=O) groups excluding carboxylic acids is 1. The Morgan fingerprint density at radius 1 is 1.36 bits per heavy atom. The first-order valence-corrected chi connectivity index (χ1v) is 5.99. The highest BCUT2D eigenvalue weighted by Gasteiger charge is 2.17. The molecular formula is C12H23NO. The summed E-state index contributed by atoms with van der Waals surface area (Å²) in [7, 11) is 0. The van der Waals surface area contributed by atoms with Crippen LogP contribution in [0.3, 0.4) is 0 Å². The largest absolute Gasteiger partial charge is 0.327 e. The van der Waals surface area contributed by atoms with Crippen LogP contribution >= 0.6 is 0 Å². The molecule has 2 nitrogen and oxygen atoms in total. The third-order valence-corrected chi connectivity index (χ3v) is 3.26. The first kappa shape index (κ1) is 11.7. The summed E-state index contributed by atoms with van der Waals surface area (Å²) in [6, 6.07) is 0.0890. The number of rotatable bonds is 5. The average Bonchev–Trinajstić information content (AvgIpc) is 2.19. The smallest absolute Gasteiger partial charge is 0.134 e. The summed E-state index contributed by atoms with van der Waals surface area (Å²) in [5.41, 5.74) is 5.76. The molecule has 1 aliphatic rings. The Morgan fingerprint density at radius 2 is 2.00 bits per heavy atom. The predicted octanol–water partition coefficient (Wildman–Crippen LogP) is 2.65. The zero-order valence-electron chi connectivity index (χ0n) is 9.30. The minimum absolute atomic E-state index is 0.0890. The second-order valence-corrected chi connectivity index (χ2v) is 4.62. The third kappa shape index (κ3) is 4.23. The molecule has 0 aliphatic heterocycles. The van der Waals surface area contributed by atoms with Crippen LogP contribution in [0.15, 0.2) is 0 Å². The summed E-state index contributed by atoms with van der Waals surface area (Å²) < 4.78 is 0. The van der Waals surface area contributed by atoms with Crippen molar-refractivity contribution >= 4 is 5.78 Å². The van der Waals surface area contributed by atoms with Crippen molar-refractivity contribution in [3.63, 3.8) is 0 Å². The first-order valence-electron chi connectivity index (χ1n) is 5.99. The zero-order valence-corrected chi connectivity index (χ0v) is 9.30. The maximum Gasteiger partial charge on any atom is 0.134 e. The molecule has 0 spiro atoms. The monoisotopic (exact) mass is 197 g/mol. The van der Waals surface area contributed by atoms with E-state index >= 15 is 0 Å². The van der Waals surface area contributed by atoms with Gasteiger partial charge in [0.1, 0.15) is 5.78 Å². The molecule has 0 aromatic rings. The van der Waals surface area contributed by atoms with Gasteiger partial charge in [0.05, 0.1) is 0 Å². The van der Waals surface area contributed by atoms with Gasteiger partial charge in [0.2, 0.25) is 0 Å². The number of hydrogen-bond donors (Lipinski definition) is 1. The second-order valence-electron chi connectivity index (χ2n) is 4.62. The van der Waals surface area contributed by atoms with E-state index in [0.29, 0.717) is 18.1 Å². The van der Waals surface area contributed by atoms with Crippen LogP contribution in [0.2, 0.25) is 0 Å². The molecule has 0 aromatic carbocycles. The third-order valence-electron chi connectivity index (χ3n) is 3.26. The van der Waals surface area contributed by atoms with Crippen molar-refractivity contribution in [1.82, 2.24) is 0 Å². The molecular weight excluding hydrogens is 174 g/mol. The van der Waals surface area contributed by atoms with Gasteiger partial charge in [-0.25, -0.2) is 0 Å². The van der Waals surface area contributed by atoms with E-state index in [9.17, 15) is 4.79 Å². The van der Waals surface area contributed by atoms with Crippen molar-refractivity contribution in [3.8, 4) is 0 Å². The molecule has 1 unspecified atom stereocenters. The topological polar surface area (TPSA) is 43.1 Å². The highest BCUT2D eigenvalue weighted by Crippen LogP contribution is 2.26. The molecule has 1 saturated carbocycles. The number of ketones is 1. The van der Waals surface area contributed by atoms with Gasteiger partial charge in [0, 0.05) is 18.9 Å². The van der Waals surface area contributed by atoms with Gasteiger partial charge < -0.3 is 5.73 Å². The molecule has 0 amide bonds. The Kier molecular flexibility index (Phi) is 5.16. The van der Waals surface area contributed by atoms with E-state index in [1.807, 2.05) is 6.92 Å². The lowest BCUT2D eigenvalue weighted by atomic mass is 9.85. The van der Waals surface area contributed by atoms with Crippen LogP contribution in [-0.2, 0) is 4.79 Å². The van der Waals surface area contributed by atoms with Crippen LogP contribution in [0.4, 0.5) is 0 Å². The van der Waals surface area contributed by atoms with Crippen LogP contribution in [0.25, 0.3) is 0 Å².